The van der Waals surface area contributed by atoms with E-state index in [9.17, 15) is 12.8 Å². The SMILES string of the molecule is CC(c1ccc(Cl)cc1)n1c2c(c3cc(F)cc(S(C)(=O)=O)c31)CCC2. The summed E-state index contributed by atoms with van der Waals surface area (Å²) in [7, 11) is -3.57. The van der Waals surface area contributed by atoms with Gasteiger partial charge in [-0.3, -0.25) is 0 Å². The number of aromatic nitrogens is 1. The Morgan fingerprint density at radius 3 is 2.50 bits per heavy atom. The summed E-state index contributed by atoms with van der Waals surface area (Å²) in [6, 6.07) is 10.1. The van der Waals surface area contributed by atoms with Gasteiger partial charge in [0, 0.05) is 22.4 Å². The first kappa shape index (κ1) is 17.6. The van der Waals surface area contributed by atoms with E-state index in [2.05, 4.69) is 4.57 Å². The van der Waals surface area contributed by atoms with Gasteiger partial charge in [-0.1, -0.05) is 23.7 Å². The summed E-state index contributed by atoms with van der Waals surface area (Å²) in [6.45, 7) is 2.04. The van der Waals surface area contributed by atoms with E-state index in [1.54, 1.807) is 0 Å². The second-order valence-corrected chi connectivity index (χ2v) is 9.37. The van der Waals surface area contributed by atoms with Gasteiger partial charge in [-0.15, -0.1) is 0 Å². The molecule has 3 nitrogen and oxygen atoms in total. The van der Waals surface area contributed by atoms with E-state index in [0.29, 0.717) is 10.5 Å². The molecule has 136 valence electrons. The molecule has 0 fully saturated rings. The molecule has 3 aromatic rings. The highest BCUT2D eigenvalue weighted by atomic mass is 35.5. The number of benzene rings is 2. The lowest BCUT2D eigenvalue weighted by molar-refractivity contribution is 0.593. The van der Waals surface area contributed by atoms with Crippen LogP contribution in [-0.2, 0) is 22.7 Å². The van der Waals surface area contributed by atoms with E-state index in [0.717, 1.165) is 53.8 Å². The molecule has 0 aliphatic heterocycles. The highest BCUT2D eigenvalue weighted by molar-refractivity contribution is 7.91. The molecule has 0 bridgehead atoms. The van der Waals surface area contributed by atoms with Crippen molar-refractivity contribution in [2.75, 3.05) is 6.26 Å². The van der Waals surface area contributed by atoms with E-state index >= 15 is 0 Å². The van der Waals surface area contributed by atoms with Gasteiger partial charge in [0.2, 0.25) is 0 Å². The summed E-state index contributed by atoms with van der Waals surface area (Å²) in [5.74, 6) is -0.510. The fraction of sp³-hybridized carbons (Fsp3) is 0.300. The van der Waals surface area contributed by atoms with Crippen LogP contribution in [0.2, 0.25) is 5.02 Å². The summed E-state index contributed by atoms with van der Waals surface area (Å²) in [6.07, 6.45) is 3.85. The number of fused-ring (bicyclic) bond motifs is 3. The van der Waals surface area contributed by atoms with Crippen molar-refractivity contribution in [3.8, 4) is 0 Å². The van der Waals surface area contributed by atoms with Gasteiger partial charge >= 0.3 is 0 Å². The van der Waals surface area contributed by atoms with Crippen molar-refractivity contribution in [2.45, 2.75) is 37.1 Å². The molecule has 2 aromatic carbocycles. The van der Waals surface area contributed by atoms with Crippen molar-refractivity contribution < 1.29 is 12.8 Å². The number of rotatable bonds is 3. The maximum absolute atomic E-state index is 14.2. The smallest absolute Gasteiger partial charge is 0.177 e. The molecule has 1 aliphatic rings. The Hall–Kier alpha value is -1.85. The van der Waals surface area contributed by atoms with Gasteiger partial charge in [-0.05, 0) is 61.6 Å². The Bertz CT molecular complexity index is 1120. The predicted octanol–water partition coefficient (Wildman–Crippen LogP) is 4.94. The van der Waals surface area contributed by atoms with Gasteiger partial charge in [-0.2, -0.15) is 0 Å². The predicted molar refractivity (Wildman–Crippen MR) is 102 cm³/mol. The first-order valence-electron chi connectivity index (χ1n) is 8.58. The first-order valence-corrected chi connectivity index (χ1v) is 10.8. The third-order valence-electron chi connectivity index (χ3n) is 5.22. The largest absolute Gasteiger partial charge is 0.336 e. The maximum atomic E-state index is 14.2. The molecule has 0 saturated carbocycles. The fourth-order valence-corrected chi connectivity index (χ4v) is 5.08. The summed E-state index contributed by atoms with van der Waals surface area (Å²) in [4.78, 5) is 0.0581. The lowest BCUT2D eigenvalue weighted by Gasteiger charge is -2.20. The molecule has 1 heterocycles. The Kier molecular flexibility index (Phi) is 4.12. The molecular weight excluding hydrogens is 373 g/mol. The zero-order chi connectivity index (χ0) is 18.6. The number of nitrogens with zero attached hydrogens (tertiary/aromatic N) is 1. The lowest BCUT2D eigenvalue weighted by Crippen LogP contribution is -2.12. The Labute approximate surface area is 157 Å². The van der Waals surface area contributed by atoms with Crippen molar-refractivity contribution in [3.05, 3.63) is 64.1 Å². The number of hydrogen-bond acceptors (Lipinski definition) is 2. The molecular formula is C20H19ClFNO2S. The van der Waals surface area contributed by atoms with Gasteiger partial charge in [0.15, 0.2) is 9.84 Å². The van der Waals surface area contributed by atoms with Crippen LogP contribution in [0.5, 0.6) is 0 Å². The summed E-state index contributed by atoms with van der Waals surface area (Å²) in [5.41, 5.74) is 3.83. The number of aryl methyl sites for hydroxylation is 1. The molecule has 1 aliphatic carbocycles. The molecule has 26 heavy (non-hydrogen) atoms. The second-order valence-electron chi connectivity index (χ2n) is 6.95. The summed E-state index contributed by atoms with van der Waals surface area (Å²) < 4.78 is 41.0. The third-order valence-corrected chi connectivity index (χ3v) is 6.59. The van der Waals surface area contributed by atoms with E-state index < -0.39 is 15.7 Å². The van der Waals surface area contributed by atoms with Crippen LogP contribution in [0.15, 0.2) is 41.3 Å². The summed E-state index contributed by atoms with van der Waals surface area (Å²) >= 11 is 6.00. The molecule has 0 radical (unpaired) electrons. The molecule has 0 N–H and O–H groups in total. The zero-order valence-electron chi connectivity index (χ0n) is 14.6. The quantitative estimate of drug-likeness (QED) is 0.634. The minimum absolute atomic E-state index is 0.0581. The molecule has 1 aromatic heterocycles. The average Bonchev–Trinajstić information content (AvgIpc) is 3.14. The maximum Gasteiger partial charge on any atom is 0.177 e. The standard InChI is InChI=1S/C20H19ClFNO2S/c1-12(13-6-8-14(21)9-7-13)23-18-5-3-4-16(18)17-10-15(22)11-19(20(17)23)26(2,24)25/h6-12H,3-5H2,1-2H3. The average molecular weight is 392 g/mol. The molecule has 0 saturated heterocycles. The van der Waals surface area contributed by atoms with Gasteiger partial charge in [0.1, 0.15) is 5.82 Å². The molecule has 6 heteroatoms. The summed E-state index contributed by atoms with van der Waals surface area (Å²) in [5, 5.41) is 1.38. The first-order chi connectivity index (χ1) is 12.3. The van der Waals surface area contributed by atoms with E-state index in [-0.39, 0.29) is 10.9 Å². The minimum atomic E-state index is -3.57. The topological polar surface area (TPSA) is 39.1 Å². The van der Waals surface area contributed by atoms with Crippen LogP contribution >= 0.6 is 11.6 Å². The van der Waals surface area contributed by atoms with Crippen molar-refractivity contribution >= 4 is 32.3 Å². The van der Waals surface area contributed by atoms with Crippen LogP contribution in [0.3, 0.4) is 0 Å². The Morgan fingerprint density at radius 1 is 1.15 bits per heavy atom. The van der Waals surface area contributed by atoms with Gasteiger partial charge in [0.05, 0.1) is 16.5 Å². The van der Waals surface area contributed by atoms with Crippen molar-refractivity contribution in [1.82, 2.24) is 4.57 Å². The highest BCUT2D eigenvalue weighted by Gasteiger charge is 2.29. The number of halogens is 2. The van der Waals surface area contributed by atoms with Crippen LogP contribution in [0, 0.1) is 5.82 Å². The van der Waals surface area contributed by atoms with Gasteiger partial charge in [-0.25, -0.2) is 12.8 Å². The molecule has 1 atom stereocenters. The van der Waals surface area contributed by atoms with Crippen LogP contribution < -0.4 is 0 Å². The van der Waals surface area contributed by atoms with E-state index in [4.69, 9.17) is 11.6 Å². The molecule has 0 amide bonds. The highest BCUT2D eigenvalue weighted by Crippen LogP contribution is 2.40. The van der Waals surface area contributed by atoms with E-state index in [1.165, 1.54) is 6.07 Å². The zero-order valence-corrected chi connectivity index (χ0v) is 16.2. The van der Waals surface area contributed by atoms with Gasteiger partial charge < -0.3 is 4.57 Å². The number of hydrogen-bond donors (Lipinski definition) is 0. The van der Waals surface area contributed by atoms with Crippen LogP contribution in [-0.4, -0.2) is 19.2 Å². The van der Waals surface area contributed by atoms with Crippen molar-refractivity contribution in [3.63, 3.8) is 0 Å². The number of sulfone groups is 1. The Balaban J connectivity index is 2.07. The van der Waals surface area contributed by atoms with Crippen LogP contribution in [0.25, 0.3) is 10.9 Å². The van der Waals surface area contributed by atoms with Gasteiger partial charge in [0.25, 0.3) is 0 Å². The molecule has 0 spiro atoms. The third kappa shape index (κ3) is 2.74. The minimum Gasteiger partial charge on any atom is -0.336 e. The van der Waals surface area contributed by atoms with Crippen LogP contribution in [0.1, 0.15) is 36.2 Å². The second kappa shape index (κ2) is 6.10. The Morgan fingerprint density at radius 2 is 1.85 bits per heavy atom. The lowest BCUT2D eigenvalue weighted by atomic mass is 10.1. The fourth-order valence-electron chi connectivity index (χ4n) is 4.07. The molecule has 4 rings (SSSR count). The van der Waals surface area contributed by atoms with E-state index in [1.807, 2.05) is 31.2 Å². The normalized spacial score (nSPS) is 15.4. The molecule has 1 unspecified atom stereocenters. The van der Waals surface area contributed by atoms with Crippen LogP contribution in [0.4, 0.5) is 4.39 Å². The van der Waals surface area contributed by atoms with Crippen molar-refractivity contribution in [1.29, 1.82) is 0 Å². The monoisotopic (exact) mass is 391 g/mol. The van der Waals surface area contributed by atoms with Crippen molar-refractivity contribution in [2.24, 2.45) is 0 Å².